The predicted octanol–water partition coefficient (Wildman–Crippen LogP) is 0.108. The third kappa shape index (κ3) is 3.92. The van der Waals surface area contributed by atoms with Gasteiger partial charge < -0.3 is 10.0 Å². The van der Waals surface area contributed by atoms with Crippen LogP contribution in [0.3, 0.4) is 0 Å². The lowest BCUT2D eigenvalue weighted by molar-refractivity contribution is -0.138. The summed E-state index contributed by atoms with van der Waals surface area (Å²) in [5.74, 6) is -0.205. The maximum absolute atomic E-state index is 12.1. The van der Waals surface area contributed by atoms with Gasteiger partial charge in [-0.2, -0.15) is 0 Å². The average molecular weight is 299 g/mol. The zero-order chi connectivity index (χ0) is 14.5. The number of hydrogen-bond acceptors (Lipinski definition) is 6. The fourth-order valence-corrected chi connectivity index (χ4v) is 2.94. The topological polar surface area (TPSA) is 101 Å². The number of hydrogen-bond donors (Lipinski definition) is 1. The van der Waals surface area contributed by atoms with Crippen molar-refractivity contribution in [3.8, 4) is 0 Å². The van der Waals surface area contributed by atoms with Crippen LogP contribution >= 0.6 is 11.8 Å². The molecule has 8 nitrogen and oxygen atoms in total. The molecule has 2 rings (SSSR count). The molecule has 1 aliphatic heterocycles. The van der Waals surface area contributed by atoms with E-state index >= 15 is 0 Å². The Morgan fingerprint density at radius 3 is 3.00 bits per heavy atom. The molecule has 0 radical (unpaired) electrons. The predicted molar refractivity (Wildman–Crippen MR) is 71.2 cm³/mol. The van der Waals surface area contributed by atoms with E-state index in [0.717, 1.165) is 25.9 Å². The van der Waals surface area contributed by atoms with E-state index < -0.39 is 5.97 Å². The SMILES string of the molecule is CC1CCCN(C(=O)CSc2nnnn2CC(=O)O)C1. The van der Waals surface area contributed by atoms with Gasteiger partial charge in [-0.15, -0.1) is 5.10 Å². The van der Waals surface area contributed by atoms with Crippen LogP contribution < -0.4 is 0 Å². The average Bonchev–Trinajstić information content (AvgIpc) is 2.82. The Morgan fingerprint density at radius 1 is 1.50 bits per heavy atom. The summed E-state index contributed by atoms with van der Waals surface area (Å²) in [6.07, 6.45) is 2.20. The van der Waals surface area contributed by atoms with E-state index in [0.29, 0.717) is 11.1 Å². The summed E-state index contributed by atoms with van der Waals surface area (Å²) in [4.78, 5) is 24.6. The molecule has 0 aliphatic carbocycles. The van der Waals surface area contributed by atoms with Crippen LogP contribution in [0.4, 0.5) is 0 Å². The molecule has 0 bridgehead atoms. The normalized spacial score (nSPS) is 19.1. The molecule has 1 N–H and O–H groups in total. The van der Waals surface area contributed by atoms with Crippen molar-refractivity contribution in [3.63, 3.8) is 0 Å². The second kappa shape index (κ2) is 6.69. The highest BCUT2D eigenvalue weighted by Crippen LogP contribution is 2.19. The van der Waals surface area contributed by atoms with Crippen LogP contribution in [-0.2, 0) is 16.1 Å². The fourth-order valence-electron chi connectivity index (χ4n) is 2.16. The highest BCUT2D eigenvalue weighted by molar-refractivity contribution is 7.99. The van der Waals surface area contributed by atoms with Crippen molar-refractivity contribution >= 4 is 23.6 Å². The molecule has 110 valence electrons. The van der Waals surface area contributed by atoms with E-state index in [-0.39, 0.29) is 18.2 Å². The van der Waals surface area contributed by atoms with E-state index in [1.807, 2.05) is 4.90 Å². The lowest BCUT2D eigenvalue weighted by atomic mass is 10.0. The summed E-state index contributed by atoms with van der Waals surface area (Å²) >= 11 is 1.17. The van der Waals surface area contributed by atoms with Crippen molar-refractivity contribution < 1.29 is 14.7 Å². The first kappa shape index (κ1) is 14.8. The molecule has 1 saturated heterocycles. The summed E-state index contributed by atoms with van der Waals surface area (Å²) in [6, 6.07) is 0. The Bertz CT molecular complexity index is 492. The molecule has 0 aromatic carbocycles. The summed E-state index contributed by atoms with van der Waals surface area (Å²) in [5.41, 5.74) is 0. The summed E-state index contributed by atoms with van der Waals surface area (Å²) in [5, 5.41) is 19.8. The first-order chi connectivity index (χ1) is 9.56. The van der Waals surface area contributed by atoms with Gasteiger partial charge in [0.2, 0.25) is 11.1 Å². The van der Waals surface area contributed by atoms with E-state index in [9.17, 15) is 9.59 Å². The largest absolute Gasteiger partial charge is 0.480 e. The van der Waals surface area contributed by atoms with Crippen LogP contribution in [0.5, 0.6) is 0 Å². The molecule has 1 amide bonds. The van der Waals surface area contributed by atoms with Gasteiger partial charge in [0, 0.05) is 13.1 Å². The number of carbonyl (C=O) groups excluding carboxylic acids is 1. The molecular weight excluding hydrogens is 282 g/mol. The first-order valence-corrected chi connectivity index (χ1v) is 7.43. The minimum absolute atomic E-state index is 0.0476. The van der Waals surface area contributed by atoms with Crippen molar-refractivity contribution in [1.82, 2.24) is 25.1 Å². The number of likely N-dealkylation sites (tertiary alicyclic amines) is 1. The number of aromatic nitrogens is 4. The Balaban J connectivity index is 1.87. The summed E-state index contributed by atoms with van der Waals surface area (Å²) in [6.45, 7) is 3.42. The molecular formula is C11H17N5O3S. The fraction of sp³-hybridized carbons (Fsp3) is 0.727. The highest BCUT2D eigenvalue weighted by atomic mass is 32.2. The number of piperidine rings is 1. The van der Waals surface area contributed by atoms with Crippen LogP contribution in [0.1, 0.15) is 19.8 Å². The van der Waals surface area contributed by atoms with E-state index in [2.05, 4.69) is 22.4 Å². The van der Waals surface area contributed by atoms with E-state index in [4.69, 9.17) is 5.11 Å². The zero-order valence-corrected chi connectivity index (χ0v) is 12.0. The number of aliphatic carboxylic acids is 1. The van der Waals surface area contributed by atoms with Crippen LogP contribution in [-0.4, -0.2) is 60.9 Å². The van der Waals surface area contributed by atoms with Gasteiger partial charge in [0.1, 0.15) is 6.54 Å². The molecule has 1 unspecified atom stereocenters. The van der Waals surface area contributed by atoms with Crippen molar-refractivity contribution in [1.29, 1.82) is 0 Å². The Morgan fingerprint density at radius 2 is 2.30 bits per heavy atom. The summed E-state index contributed by atoms with van der Waals surface area (Å²) in [7, 11) is 0. The lowest BCUT2D eigenvalue weighted by Gasteiger charge is -2.30. The van der Waals surface area contributed by atoms with Crippen LogP contribution in [0.2, 0.25) is 0 Å². The maximum Gasteiger partial charge on any atom is 0.325 e. The van der Waals surface area contributed by atoms with Gasteiger partial charge in [0.15, 0.2) is 0 Å². The molecule has 0 saturated carbocycles. The van der Waals surface area contributed by atoms with Gasteiger partial charge in [-0.1, -0.05) is 18.7 Å². The standard InChI is InChI=1S/C11H17N5O3S/c1-8-3-2-4-15(5-8)9(17)7-20-11-12-13-14-16(11)6-10(18)19/h8H,2-7H2,1H3,(H,18,19). The number of rotatable bonds is 5. The second-order valence-corrected chi connectivity index (χ2v) is 5.83. The van der Waals surface area contributed by atoms with E-state index in [1.165, 1.54) is 16.4 Å². The van der Waals surface area contributed by atoms with Gasteiger partial charge >= 0.3 is 5.97 Å². The van der Waals surface area contributed by atoms with Crippen molar-refractivity contribution in [2.75, 3.05) is 18.8 Å². The maximum atomic E-state index is 12.1. The number of amides is 1. The van der Waals surface area contributed by atoms with Gasteiger partial charge in [-0.3, -0.25) is 9.59 Å². The number of thioether (sulfide) groups is 1. The minimum Gasteiger partial charge on any atom is -0.480 e. The molecule has 2 heterocycles. The lowest BCUT2D eigenvalue weighted by Crippen LogP contribution is -2.40. The molecule has 1 aromatic heterocycles. The number of carboxylic acid groups (broad SMARTS) is 1. The zero-order valence-electron chi connectivity index (χ0n) is 11.2. The van der Waals surface area contributed by atoms with Gasteiger partial charge in [-0.25, -0.2) is 4.68 Å². The van der Waals surface area contributed by atoms with Gasteiger partial charge in [-0.05, 0) is 29.2 Å². The molecule has 0 spiro atoms. The van der Waals surface area contributed by atoms with Crippen LogP contribution in [0.25, 0.3) is 0 Å². The quantitative estimate of drug-likeness (QED) is 0.770. The molecule has 1 aromatic rings. The number of carboxylic acids is 1. The number of carbonyl (C=O) groups is 2. The van der Waals surface area contributed by atoms with Crippen molar-refractivity contribution in [2.24, 2.45) is 5.92 Å². The van der Waals surface area contributed by atoms with Crippen molar-refractivity contribution in [2.45, 2.75) is 31.5 Å². The highest BCUT2D eigenvalue weighted by Gasteiger charge is 2.21. The Hall–Kier alpha value is -1.64. The van der Waals surface area contributed by atoms with Crippen LogP contribution in [0, 0.1) is 5.92 Å². The summed E-state index contributed by atoms with van der Waals surface area (Å²) < 4.78 is 1.18. The minimum atomic E-state index is -1.02. The van der Waals surface area contributed by atoms with Gasteiger partial charge in [0.25, 0.3) is 0 Å². The smallest absolute Gasteiger partial charge is 0.325 e. The number of tetrazole rings is 1. The molecule has 9 heteroatoms. The molecule has 1 fully saturated rings. The third-order valence-electron chi connectivity index (χ3n) is 3.12. The first-order valence-electron chi connectivity index (χ1n) is 6.45. The Labute approximate surface area is 120 Å². The Kier molecular flexibility index (Phi) is 4.94. The van der Waals surface area contributed by atoms with Crippen molar-refractivity contribution in [3.05, 3.63) is 0 Å². The molecule has 20 heavy (non-hydrogen) atoms. The van der Waals surface area contributed by atoms with Crippen LogP contribution in [0.15, 0.2) is 5.16 Å². The molecule has 1 atom stereocenters. The third-order valence-corrected chi connectivity index (χ3v) is 4.06. The van der Waals surface area contributed by atoms with Gasteiger partial charge in [0.05, 0.1) is 5.75 Å². The molecule has 1 aliphatic rings. The van der Waals surface area contributed by atoms with E-state index in [1.54, 1.807) is 0 Å². The number of nitrogens with zero attached hydrogens (tertiary/aromatic N) is 5. The second-order valence-electron chi connectivity index (χ2n) is 4.89. The monoisotopic (exact) mass is 299 g/mol.